The highest BCUT2D eigenvalue weighted by Gasteiger charge is 2.18. The Bertz CT molecular complexity index is 778. The average molecular weight is 395 g/mol. The number of rotatable bonds is 5. The van der Waals surface area contributed by atoms with E-state index in [1.165, 1.54) is 42.5 Å². The number of ether oxygens (including phenoxy) is 3. The highest BCUT2D eigenvalue weighted by atomic mass is 35.5. The Labute approximate surface area is 160 Å². The van der Waals surface area contributed by atoms with Gasteiger partial charge in [0.15, 0.2) is 0 Å². The Hall–Kier alpha value is -2.08. The lowest BCUT2D eigenvalue weighted by atomic mass is 10.2. The van der Waals surface area contributed by atoms with Crippen LogP contribution in [0.2, 0.25) is 10.0 Å². The van der Waals surface area contributed by atoms with Gasteiger partial charge in [0.05, 0.1) is 17.2 Å². The molecule has 0 saturated carbocycles. The van der Waals surface area contributed by atoms with Crippen LogP contribution in [0.3, 0.4) is 0 Å². The molecule has 1 saturated heterocycles. The molecule has 1 heterocycles. The summed E-state index contributed by atoms with van der Waals surface area (Å²) in [6.07, 6.45) is 1.86. The summed E-state index contributed by atoms with van der Waals surface area (Å²) in [6, 6.07) is 10.6. The Balaban J connectivity index is 1.58. The Morgan fingerprint density at radius 2 is 1.69 bits per heavy atom. The van der Waals surface area contributed by atoms with Gasteiger partial charge in [-0.2, -0.15) is 0 Å². The lowest BCUT2D eigenvalue weighted by molar-refractivity contribution is 0.0161. The fourth-order valence-corrected chi connectivity index (χ4v) is 3.05. The van der Waals surface area contributed by atoms with E-state index < -0.39 is 11.9 Å². The zero-order valence-corrected chi connectivity index (χ0v) is 15.3. The molecule has 0 bridgehead atoms. The molecular weight excluding hydrogens is 379 g/mol. The molecule has 0 aliphatic carbocycles. The first-order valence-electron chi connectivity index (χ1n) is 8.08. The van der Waals surface area contributed by atoms with E-state index in [1.807, 2.05) is 0 Å². The van der Waals surface area contributed by atoms with E-state index in [4.69, 9.17) is 37.4 Å². The van der Waals surface area contributed by atoms with Gasteiger partial charge in [-0.1, -0.05) is 23.2 Å². The van der Waals surface area contributed by atoms with E-state index in [9.17, 15) is 9.59 Å². The van der Waals surface area contributed by atoms with Crippen LogP contribution in [0.4, 0.5) is 0 Å². The largest absolute Gasteiger partial charge is 0.459 e. The van der Waals surface area contributed by atoms with Gasteiger partial charge in [-0.25, -0.2) is 9.59 Å². The van der Waals surface area contributed by atoms with Gasteiger partial charge in [0.1, 0.15) is 12.4 Å². The van der Waals surface area contributed by atoms with Gasteiger partial charge >= 0.3 is 11.9 Å². The van der Waals surface area contributed by atoms with E-state index in [1.54, 1.807) is 0 Å². The summed E-state index contributed by atoms with van der Waals surface area (Å²) >= 11 is 11.8. The molecule has 0 aromatic heterocycles. The van der Waals surface area contributed by atoms with Gasteiger partial charge in [0, 0.05) is 16.7 Å². The van der Waals surface area contributed by atoms with E-state index in [-0.39, 0.29) is 18.3 Å². The third-order valence-corrected chi connectivity index (χ3v) is 4.26. The molecule has 1 aliphatic heterocycles. The van der Waals surface area contributed by atoms with Crippen LogP contribution in [0, 0.1) is 0 Å². The molecule has 1 fully saturated rings. The van der Waals surface area contributed by atoms with Crippen molar-refractivity contribution >= 4 is 35.1 Å². The molecule has 2 aromatic carbocycles. The monoisotopic (exact) mass is 394 g/mol. The van der Waals surface area contributed by atoms with Crippen molar-refractivity contribution < 1.29 is 23.8 Å². The summed E-state index contributed by atoms with van der Waals surface area (Å²) in [7, 11) is 0. The van der Waals surface area contributed by atoms with Crippen molar-refractivity contribution in [1.29, 1.82) is 0 Å². The third-order valence-electron chi connectivity index (χ3n) is 3.82. The number of carbonyl (C=O) groups excluding carboxylic acids is 2. The summed E-state index contributed by atoms with van der Waals surface area (Å²) in [5.41, 5.74) is 0.608. The lowest BCUT2D eigenvalue weighted by Crippen LogP contribution is -2.17. The first kappa shape index (κ1) is 18.7. The van der Waals surface area contributed by atoms with Crippen LogP contribution >= 0.6 is 23.2 Å². The number of carbonyl (C=O) groups is 2. The predicted molar refractivity (Wildman–Crippen MR) is 97.1 cm³/mol. The second-order valence-corrected chi connectivity index (χ2v) is 6.68. The molecule has 0 radical (unpaired) electrons. The molecule has 136 valence electrons. The molecule has 1 aliphatic rings. The second-order valence-electron chi connectivity index (χ2n) is 5.81. The highest BCUT2D eigenvalue weighted by Crippen LogP contribution is 2.21. The third kappa shape index (κ3) is 4.97. The minimum absolute atomic E-state index is 0.0244. The predicted octanol–water partition coefficient (Wildman–Crippen LogP) is 4.55. The van der Waals surface area contributed by atoms with Crippen molar-refractivity contribution in [2.24, 2.45) is 0 Å². The van der Waals surface area contributed by atoms with Crippen molar-refractivity contribution in [2.75, 3.05) is 13.2 Å². The van der Waals surface area contributed by atoms with Crippen molar-refractivity contribution in [3.8, 4) is 5.75 Å². The van der Waals surface area contributed by atoms with Gasteiger partial charge in [0.2, 0.25) is 0 Å². The minimum Gasteiger partial charge on any atom is -0.459 e. The first-order valence-corrected chi connectivity index (χ1v) is 8.84. The number of esters is 2. The van der Waals surface area contributed by atoms with Crippen LogP contribution in [0.1, 0.15) is 33.6 Å². The summed E-state index contributed by atoms with van der Waals surface area (Å²) in [5.74, 6) is -0.745. The van der Waals surface area contributed by atoms with Gasteiger partial charge in [-0.3, -0.25) is 0 Å². The normalized spacial score (nSPS) is 16.3. The fraction of sp³-hybridized carbons (Fsp3) is 0.263. The van der Waals surface area contributed by atoms with E-state index in [2.05, 4.69) is 0 Å². The Morgan fingerprint density at radius 3 is 2.31 bits per heavy atom. The van der Waals surface area contributed by atoms with Gasteiger partial charge in [-0.05, 0) is 55.3 Å². The van der Waals surface area contributed by atoms with Crippen molar-refractivity contribution in [3.05, 3.63) is 63.6 Å². The summed E-state index contributed by atoms with van der Waals surface area (Å²) < 4.78 is 15.9. The number of benzene rings is 2. The molecule has 3 rings (SSSR count). The van der Waals surface area contributed by atoms with Gasteiger partial charge in [0.25, 0.3) is 0 Å². The number of hydrogen-bond donors (Lipinski definition) is 0. The smallest absolute Gasteiger partial charge is 0.343 e. The summed E-state index contributed by atoms with van der Waals surface area (Å²) in [6.45, 7) is 0.950. The standard InChI is InChI=1S/C19H16Cl2O5/c20-14-8-13(9-15(21)10-14)19(23)26-16-5-3-12(4-6-16)18(22)25-11-17-2-1-7-24-17/h3-6,8-10,17H,1-2,7,11H2. The molecular formula is C19H16Cl2O5. The van der Waals surface area contributed by atoms with Crippen LogP contribution in [0.25, 0.3) is 0 Å². The quantitative estimate of drug-likeness (QED) is 0.549. The van der Waals surface area contributed by atoms with E-state index in [0.717, 1.165) is 12.8 Å². The topological polar surface area (TPSA) is 61.8 Å². The zero-order chi connectivity index (χ0) is 18.5. The Kier molecular flexibility index (Phi) is 6.14. The summed E-state index contributed by atoms with van der Waals surface area (Å²) in [4.78, 5) is 24.2. The molecule has 26 heavy (non-hydrogen) atoms. The van der Waals surface area contributed by atoms with Crippen LogP contribution in [-0.4, -0.2) is 31.3 Å². The van der Waals surface area contributed by atoms with Crippen LogP contribution < -0.4 is 4.74 Å². The molecule has 1 unspecified atom stereocenters. The fourth-order valence-electron chi connectivity index (χ4n) is 2.52. The zero-order valence-electron chi connectivity index (χ0n) is 13.7. The molecule has 2 aromatic rings. The van der Waals surface area contributed by atoms with Gasteiger partial charge in [-0.15, -0.1) is 0 Å². The Morgan fingerprint density at radius 1 is 1.00 bits per heavy atom. The van der Waals surface area contributed by atoms with Crippen molar-refractivity contribution in [1.82, 2.24) is 0 Å². The molecule has 0 N–H and O–H groups in total. The van der Waals surface area contributed by atoms with Crippen molar-refractivity contribution in [3.63, 3.8) is 0 Å². The maximum Gasteiger partial charge on any atom is 0.343 e. The summed E-state index contributed by atoms with van der Waals surface area (Å²) in [5, 5.41) is 0.683. The number of hydrogen-bond acceptors (Lipinski definition) is 5. The first-order chi connectivity index (χ1) is 12.5. The highest BCUT2D eigenvalue weighted by molar-refractivity contribution is 6.35. The van der Waals surface area contributed by atoms with Crippen molar-refractivity contribution in [2.45, 2.75) is 18.9 Å². The second kappa shape index (κ2) is 8.54. The average Bonchev–Trinajstić information content (AvgIpc) is 3.13. The maximum absolute atomic E-state index is 12.1. The van der Waals surface area contributed by atoms with Crippen LogP contribution in [0.5, 0.6) is 5.75 Å². The lowest BCUT2D eigenvalue weighted by Gasteiger charge is -2.10. The van der Waals surface area contributed by atoms with Crippen LogP contribution in [0.15, 0.2) is 42.5 Å². The van der Waals surface area contributed by atoms with Gasteiger partial charge < -0.3 is 14.2 Å². The van der Waals surface area contributed by atoms with Crippen LogP contribution in [-0.2, 0) is 9.47 Å². The van der Waals surface area contributed by atoms with E-state index >= 15 is 0 Å². The molecule has 5 nitrogen and oxygen atoms in total. The number of halogens is 2. The van der Waals surface area contributed by atoms with E-state index in [0.29, 0.717) is 28.0 Å². The SMILES string of the molecule is O=C(OCC1CCCO1)c1ccc(OC(=O)c2cc(Cl)cc(Cl)c2)cc1. The molecule has 1 atom stereocenters. The molecule has 0 amide bonds. The molecule has 0 spiro atoms. The maximum atomic E-state index is 12.1. The molecule has 7 heteroatoms. The minimum atomic E-state index is -0.594.